The molecule has 2 nitrogen and oxygen atoms in total. The highest BCUT2D eigenvalue weighted by atomic mass is 15.1. The average Bonchev–Trinajstić information content (AvgIpc) is 3.25. The fraction of sp³-hybridized carbons (Fsp3) is 1.00. The summed E-state index contributed by atoms with van der Waals surface area (Å²) in [5.74, 6) is 0. The molecule has 0 unspecified atom stereocenters. The normalized spacial score (nSPS) is 11.9. The third-order valence-electron chi connectivity index (χ3n) is 13.8. The molecule has 0 aliphatic rings. The van der Waals surface area contributed by atoms with Gasteiger partial charge in [-0.1, -0.05) is 297 Å². The maximum atomic E-state index is 2.90. The molecule has 0 saturated heterocycles. The standard InChI is InChI=1S/C57H118N2/c1-5-9-13-16-19-22-25-28-31-32-35-38-39-42-45-48-53-58(52-12-8-4)56-51-57-59(54-49-46-43-40-36-33-29-26-23-20-17-14-10-6-2)55-50-47-44-41-37-34-30-27-24-21-18-15-11-7-3/h5-57H2,1-4H3. The van der Waals surface area contributed by atoms with Crippen LogP contribution in [0.15, 0.2) is 0 Å². The molecule has 0 saturated carbocycles. The lowest BCUT2D eigenvalue weighted by molar-refractivity contribution is 0.216. The van der Waals surface area contributed by atoms with Gasteiger partial charge in [0.2, 0.25) is 0 Å². The maximum absolute atomic E-state index is 2.90. The van der Waals surface area contributed by atoms with Crippen molar-refractivity contribution in [1.29, 1.82) is 0 Å². The first kappa shape index (κ1) is 58.9. The Bertz CT molecular complexity index is 675. The molecule has 0 aliphatic carbocycles. The van der Waals surface area contributed by atoms with Crippen LogP contribution in [0.2, 0.25) is 0 Å². The lowest BCUT2D eigenvalue weighted by Crippen LogP contribution is -2.32. The molecule has 0 aromatic heterocycles. The van der Waals surface area contributed by atoms with E-state index in [1.807, 2.05) is 0 Å². The van der Waals surface area contributed by atoms with E-state index < -0.39 is 0 Å². The van der Waals surface area contributed by atoms with E-state index >= 15 is 0 Å². The maximum Gasteiger partial charge on any atom is -0.000655 e. The molecule has 0 heterocycles. The molecule has 0 aromatic carbocycles. The average molecular weight is 832 g/mol. The molecule has 356 valence electrons. The van der Waals surface area contributed by atoms with Gasteiger partial charge in [-0.25, -0.2) is 0 Å². The number of unbranched alkanes of at least 4 members (excludes halogenated alkanes) is 42. The van der Waals surface area contributed by atoms with Crippen molar-refractivity contribution < 1.29 is 0 Å². The fourth-order valence-corrected chi connectivity index (χ4v) is 9.51. The summed E-state index contributed by atoms with van der Waals surface area (Å²) in [6, 6.07) is 0. The third kappa shape index (κ3) is 50.4. The predicted octanol–water partition coefficient (Wildman–Crippen LogP) is 20.0. The Morgan fingerprint density at radius 2 is 0.271 bits per heavy atom. The Hall–Kier alpha value is -0.0800. The highest BCUT2D eigenvalue weighted by Gasteiger charge is 2.09. The van der Waals surface area contributed by atoms with Crippen LogP contribution in [0.25, 0.3) is 0 Å². The zero-order valence-electron chi connectivity index (χ0n) is 42.4. The zero-order valence-corrected chi connectivity index (χ0v) is 42.4. The van der Waals surface area contributed by atoms with Crippen molar-refractivity contribution in [2.45, 2.75) is 329 Å². The topological polar surface area (TPSA) is 6.48 Å². The van der Waals surface area contributed by atoms with Gasteiger partial charge in [0.05, 0.1) is 0 Å². The monoisotopic (exact) mass is 831 g/mol. The summed E-state index contributed by atoms with van der Waals surface area (Å²) >= 11 is 0. The third-order valence-corrected chi connectivity index (χ3v) is 13.8. The van der Waals surface area contributed by atoms with E-state index in [-0.39, 0.29) is 0 Å². The smallest absolute Gasteiger partial charge is 0.000655 e. The molecule has 0 fully saturated rings. The van der Waals surface area contributed by atoms with Crippen LogP contribution in [0.4, 0.5) is 0 Å². The summed E-state index contributed by atoms with van der Waals surface area (Å²) in [4.78, 5) is 5.75. The van der Waals surface area contributed by atoms with Crippen molar-refractivity contribution in [2.24, 2.45) is 0 Å². The van der Waals surface area contributed by atoms with E-state index in [4.69, 9.17) is 0 Å². The zero-order chi connectivity index (χ0) is 42.6. The first-order valence-corrected chi connectivity index (χ1v) is 28.7. The molecule has 2 heteroatoms. The second-order valence-electron chi connectivity index (χ2n) is 19.9. The summed E-state index contributed by atoms with van der Waals surface area (Å²) in [7, 11) is 0. The SMILES string of the molecule is CCCCCCCCCCCCCCCCCCN(CCCC)CCCN(CCCCCCCCCCCCCCCC)CCCCCCCCCCCCCCCC. The summed E-state index contributed by atoms with van der Waals surface area (Å²) in [5, 5.41) is 0. The summed E-state index contributed by atoms with van der Waals surface area (Å²) < 4.78 is 0. The number of hydrogen-bond donors (Lipinski definition) is 0. The van der Waals surface area contributed by atoms with Gasteiger partial charge in [0.15, 0.2) is 0 Å². The Morgan fingerprint density at radius 1 is 0.136 bits per heavy atom. The lowest BCUT2D eigenvalue weighted by Gasteiger charge is -2.26. The van der Waals surface area contributed by atoms with Crippen LogP contribution in [-0.2, 0) is 0 Å². The van der Waals surface area contributed by atoms with Crippen LogP contribution < -0.4 is 0 Å². The van der Waals surface area contributed by atoms with Crippen molar-refractivity contribution in [1.82, 2.24) is 9.80 Å². The minimum atomic E-state index is 1.33. The molecular formula is C57H118N2. The van der Waals surface area contributed by atoms with E-state index in [1.165, 1.54) is 341 Å². The number of rotatable bonds is 54. The van der Waals surface area contributed by atoms with E-state index in [9.17, 15) is 0 Å². The van der Waals surface area contributed by atoms with Crippen molar-refractivity contribution in [2.75, 3.05) is 39.3 Å². The Kier molecular flexibility index (Phi) is 54.0. The highest BCUT2D eigenvalue weighted by Crippen LogP contribution is 2.17. The molecule has 0 rings (SSSR count). The molecule has 0 spiro atoms. The number of hydrogen-bond acceptors (Lipinski definition) is 2. The minimum Gasteiger partial charge on any atom is -0.303 e. The predicted molar refractivity (Wildman–Crippen MR) is 273 cm³/mol. The van der Waals surface area contributed by atoms with Crippen LogP contribution in [0, 0.1) is 0 Å². The van der Waals surface area contributed by atoms with Gasteiger partial charge >= 0.3 is 0 Å². The van der Waals surface area contributed by atoms with Crippen LogP contribution in [0.3, 0.4) is 0 Å². The molecule has 0 amide bonds. The van der Waals surface area contributed by atoms with E-state index in [2.05, 4.69) is 37.5 Å². The van der Waals surface area contributed by atoms with Crippen LogP contribution in [0.5, 0.6) is 0 Å². The van der Waals surface area contributed by atoms with Gasteiger partial charge in [-0.15, -0.1) is 0 Å². The first-order chi connectivity index (χ1) is 29.3. The number of nitrogens with zero attached hydrogens (tertiary/aromatic N) is 2. The second-order valence-corrected chi connectivity index (χ2v) is 19.9. The van der Waals surface area contributed by atoms with E-state index in [0.29, 0.717) is 0 Å². The molecule has 0 aromatic rings. The van der Waals surface area contributed by atoms with Crippen LogP contribution in [-0.4, -0.2) is 49.1 Å². The van der Waals surface area contributed by atoms with Gasteiger partial charge in [0.25, 0.3) is 0 Å². The Labute approximate surface area is 377 Å². The van der Waals surface area contributed by atoms with Crippen molar-refractivity contribution >= 4 is 0 Å². The van der Waals surface area contributed by atoms with Crippen LogP contribution in [0.1, 0.15) is 329 Å². The van der Waals surface area contributed by atoms with Gasteiger partial charge in [-0.05, 0) is 71.4 Å². The van der Waals surface area contributed by atoms with Gasteiger partial charge < -0.3 is 9.80 Å². The van der Waals surface area contributed by atoms with Gasteiger partial charge in [-0.3, -0.25) is 0 Å². The van der Waals surface area contributed by atoms with Crippen LogP contribution >= 0.6 is 0 Å². The lowest BCUT2D eigenvalue weighted by atomic mass is 10.0. The molecule has 0 radical (unpaired) electrons. The van der Waals surface area contributed by atoms with Gasteiger partial charge in [0, 0.05) is 0 Å². The van der Waals surface area contributed by atoms with E-state index in [1.54, 1.807) is 0 Å². The highest BCUT2D eigenvalue weighted by molar-refractivity contribution is 4.65. The molecule has 0 bridgehead atoms. The van der Waals surface area contributed by atoms with Crippen molar-refractivity contribution in [3.05, 3.63) is 0 Å². The Morgan fingerprint density at radius 3 is 0.458 bits per heavy atom. The van der Waals surface area contributed by atoms with Crippen molar-refractivity contribution in [3.8, 4) is 0 Å². The Balaban J connectivity index is 4.29. The summed E-state index contributed by atoms with van der Waals surface area (Å²) in [5.41, 5.74) is 0. The summed E-state index contributed by atoms with van der Waals surface area (Å²) in [6.07, 6.45) is 68.4. The first-order valence-electron chi connectivity index (χ1n) is 28.7. The minimum absolute atomic E-state index is 1.33. The summed E-state index contributed by atoms with van der Waals surface area (Å²) in [6.45, 7) is 17.4. The quantitative estimate of drug-likeness (QED) is 0.0564. The second kappa shape index (κ2) is 54.1. The van der Waals surface area contributed by atoms with Crippen molar-refractivity contribution in [3.63, 3.8) is 0 Å². The van der Waals surface area contributed by atoms with E-state index in [0.717, 1.165) is 0 Å². The molecular weight excluding hydrogens is 713 g/mol. The molecule has 0 aliphatic heterocycles. The molecule has 0 N–H and O–H groups in total. The largest absolute Gasteiger partial charge is 0.303 e. The van der Waals surface area contributed by atoms with Gasteiger partial charge in [0.1, 0.15) is 0 Å². The fourth-order valence-electron chi connectivity index (χ4n) is 9.51. The molecule has 59 heavy (non-hydrogen) atoms. The molecule has 0 atom stereocenters. The van der Waals surface area contributed by atoms with Gasteiger partial charge in [-0.2, -0.15) is 0 Å².